The van der Waals surface area contributed by atoms with E-state index in [4.69, 9.17) is 27.9 Å². The smallest absolute Gasteiger partial charge is 0.335 e. The molecule has 0 atom stereocenters. The summed E-state index contributed by atoms with van der Waals surface area (Å²) in [5.41, 5.74) is 0.882. The van der Waals surface area contributed by atoms with E-state index in [1.807, 2.05) is 18.2 Å². The molecule has 1 aliphatic rings. The number of hydrogen-bond acceptors (Lipinski definition) is 5. The fourth-order valence-corrected chi connectivity index (χ4v) is 3.53. The van der Waals surface area contributed by atoms with Crippen LogP contribution < -0.4 is 15.0 Å². The lowest BCUT2D eigenvalue weighted by Crippen LogP contribution is -2.54. The van der Waals surface area contributed by atoms with Crippen molar-refractivity contribution in [2.75, 3.05) is 4.90 Å². The highest BCUT2D eigenvalue weighted by molar-refractivity contribution is 6.39. The van der Waals surface area contributed by atoms with Crippen molar-refractivity contribution in [3.05, 3.63) is 93.5 Å². The minimum atomic E-state index is -0.887. The molecule has 1 fully saturated rings. The fraction of sp³-hybridized carbons (Fsp3) is 0.0417. The number of ether oxygens (including phenoxy) is 1. The molecule has 4 rings (SSSR count). The van der Waals surface area contributed by atoms with Crippen molar-refractivity contribution in [3.8, 4) is 11.5 Å². The van der Waals surface area contributed by atoms with E-state index < -0.39 is 17.8 Å². The second-order valence-corrected chi connectivity index (χ2v) is 7.88. The molecule has 0 spiro atoms. The van der Waals surface area contributed by atoms with Crippen LogP contribution in [0, 0.1) is 0 Å². The molecule has 1 heterocycles. The maximum absolute atomic E-state index is 13.0. The van der Waals surface area contributed by atoms with Gasteiger partial charge in [-0.25, -0.2) is 9.69 Å². The number of amides is 4. The highest BCUT2D eigenvalue weighted by atomic mass is 35.5. The van der Waals surface area contributed by atoms with Crippen LogP contribution in [-0.4, -0.2) is 23.0 Å². The molecule has 7 nitrogen and oxygen atoms in total. The molecule has 3 aromatic rings. The Labute approximate surface area is 198 Å². The van der Waals surface area contributed by atoms with Gasteiger partial charge in [-0.05, 0) is 54.6 Å². The molecular formula is C24H16Cl2N2O5. The lowest BCUT2D eigenvalue weighted by atomic mass is 10.1. The average molecular weight is 483 g/mol. The maximum Gasteiger partial charge on any atom is 0.335 e. The molecule has 0 unspecified atom stereocenters. The zero-order valence-corrected chi connectivity index (χ0v) is 18.4. The highest BCUT2D eigenvalue weighted by Crippen LogP contribution is 2.28. The minimum Gasteiger partial charge on any atom is -0.507 e. The monoisotopic (exact) mass is 482 g/mol. The number of phenolic OH excluding ortho intramolecular Hbond substituents is 1. The molecule has 1 aliphatic heterocycles. The Kier molecular flexibility index (Phi) is 6.35. The number of rotatable bonds is 5. The van der Waals surface area contributed by atoms with Gasteiger partial charge in [0.1, 0.15) is 23.7 Å². The van der Waals surface area contributed by atoms with Gasteiger partial charge in [-0.15, -0.1) is 0 Å². The summed E-state index contributed by atoms with van der Waals surface area (Å²) in [7, 11) is 0. The van der Waals surface area contributed by atoms with Crippen molar-refractivity contribution in [3.63, 3.8) is 0 Å². The summed E-state index contributed by atoms with van der Waals surface area (Å²) < 4.78 is 5.72. The third-order valence-electron chi connectivity index (χ3n) is 4.84. The Balaban J connectivity index is 1.56. The molecule has 33 heavy (non-hydrogen) atoms. The molecule has 0 aliphatic carbocycles. The van der Waals surface area contributed by atoms with Crippen molar-refractivity contribution in [2.45, 2.75) is 6.61 Å². The van der Waals surface area contributed by atoms with Gasteiger partial charge in [-0.1, -0.05) is 41.4 Å². The third kappa shape index (κ3) is 4.84. The number of barbiturate groups is 1. The molecule has 0 bridgehead atoms. The summed E-state index contributed by atoms with van der Waals surface area (Å²) in [5.74, 6) is -1.39. The first-order chi connectivity index (χ1) is 15.8. The largest absolute Gasteiger partial charge is 0.507 e. The number of imide groups is 2. The lowest BCUT2D eigenvalue weighted by molar-refractivity contribution is -0.122. The van der Waals surface area contributed by atoms with Gasteiger partial charge in [0.15, 0.2) is 0 Å². The Morgan fingerprint density at radius 1 is 0.970 bits per heavy atom. The topological polar surface area (TPSA) is 95.9 Å². The van der Waals surface area contributed by atoms with Crippen molar-refractivity contribution in [2.24, 2.45) is 0 Å². The summed E-state index contributed by atoms with van der Waals surface area (Å²) in [4.78, 5) is 38.5. The first kappa shape index (κ1) is 22.4. The molecule has 0 radical (unpaired) electrons. The van der Waals surface area contributed by atoms with E-state index in [0.717, 1.165) is 10.5 Å². The molecule has 0 aromatic heterocycles. The van der Waals surface area contributed by atoms with Crippen LogP contribution >= 0.6 is 23.2 Å². The van der Waals surface area contributed by atoms with Gasteiger partial charge < -0.3 is 9.84 Å². The first-order valence-electron chi connectivity index (χ1n) is 9.70. The predicted molar refractivity (Wildman–Crippen MR) is 124 cm³/mol. The van der Waals surface area contributed by atoms with Crippen molar-refractivity contribution >= 4 is 52.8 Å². The fourth-order valence-electron chi connectivity index (χ4n) is 3.16. The number of phenols is 1. The second kappa shape index (κ2) is 9.36. The van der Waals surface area contributed by atoms with Crippen LogP contribution in [0.4, 0.5) is 10.5 Å². The average Bonchev–Trinajstić information content (AvgIpc) is 2.79. The van der Waals surface area contributed by atoms with E-state index in [9.17, 15) is 19.5 Å². The van der Waals surface area contributed by atoms with E-state index in [0.29, 0.717) is 15.8 Å². The minimum absolute atomic E-state index is 0.165. The zero-order valence-electron chi connectivity index (χ0n) is 16.9. The Morgan fingerprint density at radius 2 is 1.70 bits per heavy atom. The standard InChI is InChI=1S/C24H16Cl2N2O5/c25-16-5-10-21(29)15(11-16)12-19-22(30)27-24(32)28(23(19)31)17-6-8-18(9-7-17)33-13-14-3-1-2-4-20(14)26/h1-12,29H,13H2,(H,27,30,32)/b19-12+. The number of carbonyl (C=O) groups is 3. The highest BCUT2D eigenvalue weighted by Gasteiger charge is 2.37. The van der Waals surface area contributed by atoms with Gasteiger partial charge in [0.05, 0.1) is 5.69 Å². The number of halogens is 2. The van der Waals surface area contributed by atoms with Crippen LogP contribution in [0.2, 0.25) is 10.0 Å². The number of nitrogens with zero attached hydrogens (tertiary/aromatic N) is 1. The molecule has 9 heteroatoms. The summed E-state index contributed by atoms with van der Waals surface area (Å²) in [6.07, 6.45) is 1.18. The SMILES string of the molecule is O=C1NC(=O)N(c2ccc(OCc3ccccc3Cl)cc2)C(=O)/C1=C/c1cc(Cl)ccc1O. The van der Waals surface area contributed by atoms with E-state index >= 15 is 0 Å². The number of urea groups is 1. The van der Waals surface area contributed by atoms with E-state index in [-0.39, 0.29) is 29.2 Å². The van der Waals surface area contributed by atoms with Crippen molar-refractivity contribution in [1.29, 1.82) is 0 Å². The Bertz CT molecular complexity index is 1290. The molecule has 166 valence electrons. The van der Waals surface area contributed by atoms with E-state index in [1.165, 1.54) is 36.4 Å². The van der Waals surface area contributed by atoms with E-state index in [2.05, 4.69) is 5.32 Å². The van der Waals surface area contributed by atoms with Crippen LogP contribution in [0.3, 0.4) is 0 Å². The number of aromatic hydroxyl groups is 1. The summed E-state index contributed by atoms with van der Waals surface area (Å²) >= 11 is 12.1. The molecule has 1 saturated heterocycles. The van der Waals surface area contributed by atoms with Gasteiger partial charge >= 0.3 is 6.03 Å². The van der Waals surface area contributed by atoms with Crippen LogP contribution in [0.15, 0.2) is 72.3 Å². The lowest BCUT2D eigenvalue weighted by Gasteiger charge is -2.26. The van der Waals surface area contributed by atoms with Gasteiger partial charge in [-0.2, -0.15) is 0 Å². The number of hydrogen-bond donors (Lipinski definition) is 2. The summed E-state index contributed by atoms with van der Waals surface area (Å²) in [6, 6.07) is 16.8. The van der Waals surface area contributed by atoms with Crippen LogP contribution in [0.1, 0.15) is 11.1 Å². The number of benzene rings is 3. The predicted octanol–water partition coefficient (Wildman–Crippen LogP) is 4.94. The normalized spacial score (nSPS) is 15.0. The number of carbonyl (C=O) groups excluding carboxylic acids is 3. The van der Waals surface area contributed by atoms with Crippen LogP contribution in [0.25, 0.3) is 6.08 Å². The molecule has 3 aromatic carbocycles. The first-order valence-corrected chi connectivity index (χ1v) is 10.5. The summed E-state index contributed by atoms with van der Waals surface area (Å²) in [5, 5.41) is 13.0. The van der Waals surface area contributed by atoms with Crippen LogP contribution in [-0.2, 0) is 16.2 Å². The van der Waals surface area contributed by atoms with Gasteiger partial charge in [0.2, 0.25) is 0 Å². The Hall–Kier alpha value is -3.81. The van der Waals surface area contributed by atoms with Gasteiger partial charge in [0, 0.05) is 21.2 Å². The number of nitrogens with one attached hydrogen (secondary N) is 1. The Morgan fingerprint density at radius 3 is 2.42 bits per heavy atom. The van der Waals surface area contributed by atoms with Crippen molar-refractivity contribution < 1.29 is 24.2 Å². The molecule has 4 amide bonds. The van der Waals surface area contributed by atoms with Gasteiger partial charge in [-0.3, -0.25) is 14.9 Å². The zero-order chi connectivity index (χ0) is 23.5. The number of anilines is 1. The summed E-state index contributed by atoms with van der Waals surface area (Å²) in [6.45, 7) is 0.243. The maximum atomic E-state index is 13.0. The molecule has 2 N–H and O–H groups in total. The van der Waals surface area contributed by atoms with Crippen LogP contribution in [0.5, 0.6) is 11.5 Å². The second-order valence-electron chi connectivity index (χ2n) is 7.03. The van der Waals surface area contributed by atoms with Crippen molar-refractivity contribution in [1.82, 2.24) is 5.32 Å². The van der Waals surface area contributed by atoms with E-state index in [1.54, 1.807) is 18.2 Å². The third-order valence-corrected chi connectivity index (χ3v) is 5.44. The quantitative estimate of drug-likeness (QED) is 0.396. The van der Waals surface area contributed by atoms with Gasteiger partial charge in [0.25, 0.3) is 11.8 Å². The molecule has 0 saturated carbocycles. The molecular weight excluding hydrogens is 467 g/mol.